The summed E-state index contributed by atoms with van der Waals surface area (Å²) in [6, 6.07) is 12.8. The van der Waals surface area contributed by atoms with Crippen LogP contribution in [-0.4, -0.2) is 21.2 Å². The smallest absolute Gasteiger partial charge is 0.383 e. The van der Waals surface area contributed by atoms with Gasteiger partial charge in [-0.25, -0.2) is 9.78 Å². The number of anilines is 3. The summed E-state index contributed by atoms with van der Waals surface area (Å²) in [5, 5.41) is 12.7. The minimum Gasteiger partial charge on any atom is -0.383 e. The van der Waals surface area contributed by atoms with Gasteiger partial charge in [-0.15, -0.1) is 0 Å². The molecule has 2 amide bonds. The highest BCUT2D eigenvalue weighted by Crippen LogP contribution is 2.35. The molecule has 10 heteroatoms. The Balaban J connectivity index is 1.56. The molecule has 7 nitrogen and oxygen atoms in total. The van der Waals surface area contributed by atoms with Gasteiger partial charge in [0.1, 0.15) is 5.82 Å². The lowest BCUT2D eigenvalue weighted by atomic mass is 9.89. The lowest BCUT2D eigenvalue weighted by Gasteiger charge is -2.19. The van der Waals surface area contributed by atoms with Crippen LogP contribution in [0.2, 0.25) is 0 Å². The van der Waals surface area contributed by atoms with Crippen LogP contribution < -0.4 is 16.4 Å². The molecule has 176 valence electrons. The highest BCUT2D eigenvalue weighted by Gasteiger charge is 2.30. The fourth-order valence-electron chi connectivity index (χ4n) is 3.46. The van der Waals surface area contributed by atoms with Gasteiger partial charge in [-0.3, -0.25) is 5.10 Å². The van der Waals surface area contributed by atoms with Crippen LogP contribution in [0, 0.1) is 0 Å². The van der Waals surface area contributed by atoms with E-state index in [-0.39, 0.29) is 11.1 Å². The number of aromatic amines is 1. The maximum Gasteiger partial charge on any atom is 0.416 e. The molecule has 0 spiro atoms. The second kappa shape index (κ2) is 8.36. The van der Waals surface area contributed by atoms with Gasteiger partial charge >= 0.3 is 12.2 Å². The molecule has 0 bridgehead atoms. The second-order valence-electron chi connectivity index (χ2n) is 8.88. The number of nitrogens with two attached hydrogens (primary N) is 1. The number of fused-ring (bicyclic) bond motifs is 1. The number of carbonyl (C=O) groups excluding carboxylic acids is 1. The molecule has 0 saturated carbocycles. The molecule has 0 unspecified atom stereocenters. The number of alkyl halides is 3. The molecule has 0 aliphatic rings. The first-order valence-corrected chi connectivity index (χ1v) is 10.4. The van der Waals surface area contributed by atoms with Crippen LogP contribution >= 0.6 is 0 Å². The van der Waals surface area contributed by atoms with Crippen molar-refractivity contribution in [2.45, 2.75) is 32.4 Å². The Bertz CT molecular complexity index is 1350. The van der Waals surface area contributed by atoms with Gasteiger partial charge < -0.3 is 16.4 Å². The Kier molecular flexibility index (Phi) is 5.68. The van der Waals surface area contributed by atoms with E-state index in [9.17, 15) is 18.0 Å². The van der Waals surface area contributed by atoms with Crippen molar-refractivity contribution in [2.75, 3.05) is 16.4 Å². The molecular weight excluding hydrogens is 445 g/mol. The molecule has 4 aromatic rings. The number of carbonyl (C=O) groups is 1. The van der Waals surface area contributed by atoms with Gasteiger partial charge in [0.05, 0.1) is 10.9 Å². The number of H-pyrrole nitrogens is 1. The SMILES string of the molecule is CC(C)(C)c1cc(-c2ccc(NC(=O)Nc3cccc(C(F)(F)F)c3)cc2)c2c(N)[nH]nc2n1. The molecule has 0 saturated heterocycles. The minimum atomic E-state index is -4.49. The summed E-state index contributed by atoms with van der Waals surface area (Å²) in [6.45, 7) is 6.16. The van der Waals surface area contributed by atoms with E-state index in [1.165, 1.54) is 12.1 Å². The first-order valence-electron chi connectivity index (χ1n) is 10.4. The summed E-state index contributed by atoms with van der Waals surface area (Å²) in [4.78, 5) is 16.9. The maximum absolute atomic E-state index is 12.9. The average Bonchev–Trinajstić information content (AvgIpc) is 3.13. The van der Waals surface area contributed by atoms with Crippen LogP contribution in [0.15, 0.2) is 54.6 Å². The molecule has 0 aliphatic carbocycles. The van der Waals surface area contributed by atoms with E-state index < -0.39 is 17.8 Å². The number of halogens is 3. The lowest BCUT2D eigenvalue weighted by molar-refractivity contribution is -0.137. The Morgan fingerprint density at radius 1 is 0.971 bits per heavy atom. The zero-order valence-corrected chi connectivity index (χ0v) is 18.7. The third-order valence-electron chi connectivity index (χ3n) is 5.22. The topological polar surface area (TPSA) is 109 Å². The number of aromatic nitrogens is 3. The average molecular weight is 468 g/mol. The van der Waals surface area contributed by atoms with Gasteiger partial charge in [-0.1, -0.05) is 39.0 Å². The maximum atomic E-state index is 12.9. The molecule has 0 atom stereocenters. The Morgan fingerprint density at radius 2 is 1.65 bits per heavy atom. The van der Waals surface area contributed by atoms with Crippen molar-refractivity contribution in [3.8, 4) is 11.1 Å². The number of benzene rings is 2. The van der Waals surface area contributed by atoms with E-state index in [0.717, 1.165) is 29.0 Å². The van der Waals surface area contributed by atoms with Crippen LogP contribution in [0.3, 0.4) is 0 Å². The second-order valence-corrected chi connectivity index (χ2v) is 8.88. The van der Waals surface area contributed by atoms with Gasteiger partial charge in [0.25, 0.3) is 0 Å². The number of urea groups is 1. The van der Waals surface area contributed by atoms with Crippen molar-refractivity contribution in [1.29, 1.82) is 0 Å². The number of rotatable bonds is 3. The summed E-state index contributed by atoms with van der Waals surface area (Å²) >= 11 is 0. The summed E-state index contributed by atoms with van der Waals surface area (Å²) in [7, 11) is 0. The minimum absolute atomic E-state index is 0.0354. The van der Waals surface area contributed by atoms with Crippen molar-refractivity contribution in [2.24, 2.45) is 0 Å². The first-order chi connectivity index (χ1) is 15.9. The largest absolute Gasteiger partial charge is 0.416 e. The fraction of sp³-hybridized carbons (Fsp3) is 0.208. The van der Waals surface area contributed by atoms with Crippen molar-refractivity contribution in [3.63, 3.8) is 0 Å². The summed E-state index contributed by atoms with van der Waals surface area (Å²) < 4.78 is 38.6. The van der Waals surface area contributed by atoms with E-state index in [0.29, 0.717) is 22.5 Å². The van der Waals surface area contributed by atoms with Crippen molar-refractivity contribution >= 4 is 34.3 Å². The standard InChI is InChI=1S/C24H23F3N6O/c1-23(2,3)18-12-17(19-20(28)32-33-21(19)31-18)13-7-9-15(10-8-13)29-22(34)30-16-6-4-5-14(11-16)24(25,26)27/h4-12H,1-3H3,(H2,29,30,34)(H3,28,31,32,33). The molecular formula is C24H23F3N6O. The molecule has 2 heterocycles. The van der Waals surface area contributed by atoms with Crippen LogP contribution in [-0.2, 0) is 11.6 Å². The van der Waals surface area contributed by atoms with Gasteiger partial charge in [0.2, 0.25) is 0 Å². The number of nitrogens with one attached hydrogen (secondary N) is 3. The number of amides is 2. The molecule has 0 fully saturated rings. The highest BCUT2D eigenvalue weighted by molar-refractivity contribution is 6.01. The van der Waals surface area contributed by atoms with Crippen molar-refractivity contribution in [3.05, 3.63) is 65.9 Å². The predicted molar refractivity (Wildman–Crippen MR) is 127 cm³/mol. The number of hydrogen-bond donors (Lipinski definition) is 4. The van der Waals surface area contributed by atoms with E-state index in [1.54, 1.807) is 12.1 Å². The summed E-state index contributed by atoms with van der Waals surface area (Å²) in [6.07, 6.45) is -4.49. The zero-order valence-electron chi connectivity index (χ0n) is 18.7. The summed E-state index contributed by atoms with van der Waals surface area (Å²) in [5.41, 5.74) is 8.60. The highest BCUT2D eigenvalue weighted by atomic mass is 19.4. The number of nitrogen functional groups attached to an aromatic ring is 1. The van der Waals surface area contributed by atoms with E-state index >= 15 is 0 Å². The third-order valence-corrected chi connectivity index (χ3v) is 5.22. The molecule has 5 N–H and O–H groups in total. The van der Waals surface area contributed by atoms with E-state index in [4.69, 9.17) is 5.73 Å². The molecule has 0 aliphatic heterocycles. The van der Waals surface area contributed by atoms with Crippen LogP contribution in [0.1, 0.15) is 32.0 Å². The fourth-order valence-corrected chi connectivity index (χ4v) is 3.46. The first kappa shape index (κ1) is 23.1. The van der Waals surface area contributed by atoms with Gasteiger partial charge in [0, 0.05) is 22.5 Å². The molecule has 34 heavy (non-hydrogen) atoms. The van der Waals surface area contributed by atoms with Gasteiger partial charge in [0.15, 0.2) is 5.65 Å². The predicted octanol–water partition coefficient (Wildman–Crippen LogP) is 6.17. The molecule has 2 aromatic heterocycles. The molecule has 4 rings (SSSR count). The molecule has 0 radical (unpaired) electrons. The summed E-state index contributed by atoms with van der Waals surface area (Å²) in [5.74, 6) is 0.403. The van der Waals surface area contributed by atoms with Crippen LogP contribution in [0.4, 0.5) is 35.2 Å². The van der Waals surface area contributed by atoms with Crippen LogP contribution in [0.25, 0.3) is 22.2 Å². The van der Waals surface area contributed by atoms with Gasteiger partial charge in [-0.05, 0) is 47.5 Å². The number of hydrogen-bond acceptors (Lipinski definition) is 4. The van der Waals surface area contributed by atoms with Gasteiger partial charge in [-0.2, -0.15) is 18.3 Å². The number of pyridine rings is 1. The lowest BCUT2D eigenvalue weighted by Crippen LogP contribution is -2.19. The van der Waals surface area contributed by atoms with E-state index in [1.807, 2.05) is 18.2 Å². The normalized spacial score (nSPS) is 12.1. The third kappa shape index (κ3) is 4.80. The quantitative estimate of drug-likeness (QED) is 0.288. The Morgan fingerprint density at radius 3 is 2.29 bits per heavy atom. The van der Waals surface area contributed by atoms with Crippen LogP contribution in [0.5, 0.6) is 0 Å². The Labute approximate surface area is 193 Å². The molecule has 2 aromatic carbocycles. The number of nitrogens with zero attached hydrogens (tertiary/aromatic N) is 2. The van der Waals surface area contributed by atoms with Crippen molar-refractivity contribution in [1.82, 2.24) is 15.2 Å². The monoisotopic (exact) mass is 468 g/mol. The van der Waals surface area contributed by atoms with Crippen molar-refractivity contribution < 1.29 is 18.0 Å². The van der Waals surface area contributed by atoms with E-state index in [2.05, 4.69) is 46.6 Å². The zero-order chi connectivity index (χ0) is 24.7. The Hall–Kier alpha value is -4.08.